The lowest BCUT2D eigenvalue weighted by atomic mass is 10.2. The van der Waals surface area contributed by atoms with Crippen molar-refractivity contribution in [2.24, 2.45) is 0 Å². The smallest absolute Gasteiger partial charge is 0.408 e. The Kier molecular flexibility index (Phi) is 5.57. The second kappa shape index (κ2) is 6.81. The van der Waals surface area contributed by atoms with Gasteiger partial charge in [0.25, 0.3) is 0 Å². The summed E-state index contributed by atoms with van der Waals surface area (Å²) in [6.07, 6.45) is -0.612. The predicted octanol–water partition coefficient (Wildman–Crippen LogP) is 2.16. The summed E-state index contributed by atoms with van der Waals surface area (Å²) in [6, 6.07) is -0.680. The maximum absolute atomic E-state index is 12.3. The van der Waals surface area contributed by atoms with Crippen LogP contribution in [0.15, 0.2) is 4.52 Å². The second-order valence-corrected chi connectivity index (χ2v) is 6.36. The Labute approximate surface area is 131 Å². The van der Waals surface area contributed by atoms with Gasteiger partial charge in [-0.3, -0.25) is 4.79 Å². The van der Waals surface area contributed by atoms with Crippen molar-refractivity contribution in [3.05, 3.63) is 17.0 Å². The van der Waals surface area contributed by atoms with E-state index in [0.29, 0.717) is 12.3 Å². The molecule has 2 amide bonds. The lowest BCUT2D eigenvalue weighted by molar-refractivity contribution is -0.132. The Bertz CT molecular complexity index is 526. The number of nitrogens with one attached hydrogen (secondary N) is 1. The minimum Gasteiger partial charge on any atom is -0.444 e. The SMILES string of the molecule is Cc1noc(C)c1CN(C)C(=O)C(C)NC(=O)OC(C)(C)C. The number of alkyl carbamates (subject to hydrolysis) is 1. The van der Waals surface area contributed by atoms with E-state index in [2.05, 4.69) is 10.5 Å². The normalized spacial score (nSPS) is 12.7. The zero-order valence-electron chi connectivity index (χ0n) is 14.3. The minimum atomic E-state index is -0.680. The first-order chi connectivity index (χ1) is 10.0. The zero-order chi connectivity index (χ0) is 17.1. The molecule has 0 aliphatic rings. The van der Waals surface area contributed by atoms with Gasteiger partial charge in [0.05, 0.1) is 12.2 Å². The molecule has 0 aliphatic carbocycles. The van der Waals surface area contributed by atoms with E-state index in [4.69, 9.17) is 9.26 Å². The zero-order valence-corrected chi connectivity index (χ0v) is 14.3. The van der Waals surface area contributed by atoms with Crippen LogP contribution in [-0.4, -0.2) is 40.7 Å². The average molecular weight is 311 g/mol. The first-order valence-corrected chi connectivity index (χ1v) is 7.17. The molecule has 0 saturated carbocycles. The number of aromatic nitrogens is 1. The molecule has 1 N–H and O–H groups in total. The third kappa shape index (κ3) is 5.05. The van der Waals surface area contributed by atoms with Crippen LogP contribution in [0.5, 0.6) is 0 Å². The second-order valence-electron chi connectivity index (χ2n) is 6.36. The fraction of sp³-hybridized carbons (Fsp3) is 0.667. The molecule has 0 aliphatic heterocycles. The number of hydrogen-bond donors (Lipinski definition) is 1. The van der Waals surface area contributed by atoms with Crippen molar-refractivity contribution in [1.82, 2.24) is 15.4 Å². The van der Waals surface area contributed by atoms with Crippen LogP contribution in [-0.2, 0) is 16.1 Å². The molecule has 1 unspecified atom stereocenters. The van der Waals surface area contributed by atoms with Gasteiger partial charge in [-0.2, -0.15) is 0 Å². The van der Waals surface area contributed by atoms with Crippen LogP contribution in [0.4, 0.5) is 4.79 Å². The van der Waals surface area contributed by atoms with E-state index in [-0.39, 0.29) is 5.91 Å². The molecule has 1 heterocycles. The van der Waals surface area contributed by atoms with Crippen molar-refractivity contribution < 1.29 is 18.8 Å². The van der Waals surface area contributed by atoms with Crippen molar-refractivity contribution in [2.75, 3.05) is 7.05 Å². The van der Waals surface area contributed by atoms with Gasteiger partial charge in [0, 0.05) is 12.6 Å². The van der Waals surface area contributed by atoms with Crippen molar-refractivity contribution in [2.45, 2.75) is 59.7 Å². The largest absolute Gasteiger partial charge is 0.444 e. The molecular weight excluding hydrogens is 286 g/mol. The number of carbonyl (C=O) groups is 2. The molecule has 0 radical (unpaired) electrons. The minimum absolute atomic E-state index is 0.217. The van der Waals surface area contributed by atoms with E-state index in [1.54, 1.807) is 41.7 Å². The van der Waals surface area contributed by atoms with Crippen molar-refractivity contribution in [3.63, 3.8) is 0 Å². The monoisotopic (exact) mass is 311 g/mol. The van der Waals surface area contributed by atoms with Crippen LogP contribution in [0.2, 0.25) is 0 Å². The van der Waals surface area contributed by atoms with Crippen molar-refractivity contribution in [1.29, 1.82) is 0 Å². The van der Waals surface area contributed by atoms with Gasteiger partial charge in [0.1, 0.15) is 17.4 Å². The molecule has 1 aromatic rings. The predicted molar refractivity (Wildman–Crippen MR) is 81.3 cm³/mol. The van der Waals surface area contributed by atoms with Gasteiger partial charge in [-0.05, 0) is 41.5 Å². The van der Waals surface area contributed by atoms with Gasteiger partial charge in [-0.1, -0.05) is 5.16 Å². The Morgan fingerprint density at radius 3 is 2.41 bits per heavy atom. The molecule has 1 atom stereocenters. The molecule has 7 heteroatoms. The fourth-order valence-electron chi connectivity index (χ4n) is 1.92. The molecule has 0 saturated heterocycles. The Morgan fingerprint density at radius 1 is 1.36 bits per heavy atom. The molecule has 0 spiro atoms. The van der Waals surface area contributed by atoms with Crippen LogP contribution in [0.3, 0.4) is 0 Å². The molecule has 7 nitrogen and oxygen atoms in total. The highest BCUT2D eigenvalue weighted by molar-refractivity contribution is 5.85. The van der Waals surface area contributed by atoms with E-state index < -0.39 is 17.7 Å². The molecule has 1 rings (SSSR count). The van der Waals surface area contributed by atoms with Gasteiger partial charge in [0.15, 0.2) is 0 Å². The molecule has 0 fully saturated rings. The van der Waals surface area contributed by atoms with Crippen LogP contribution in [0, 0.1) is 13.8 Å². The number of ether oxygens (including phenoxy) is 1. The van der Waals surface area contributed by atoms with E-state index in [0.717, 1.165) is 11.3 Å². The topological polar surface area (TPSA) is 84.7 Å². The highest BCUT2D eigenvalue weighted by Crippen LogP contribution is 2.14. The number of amides is 2. The summed E-state index contributed by atoms with van der Waals surface area (Å²) in [4.78, 5) is 25.5. The number of rotatable bonds is 4. The van der Waals surface area contributed by atoms with E-state index in [9.17, 15) is 9.59 Å². The highest BCUT2D eigenvalue weighted by atomic mass is 16.6. The summed E-state index contributed by atoms with van der Waals surface area (Å²) in [5, 5.41) is 6.39. The molecule has 0 aromatic carbocycles. The summed E-state index contributed by atoms with van der Waals surface area (Å²) < 4.78 is 10.2. The lowest BCUT2D eigenvalue weighted by Crippen LogP contribution is -2.46. The average Bonchev–Trinajstić information content (AvgIpc) is 2.67. The standard InChI is InChI=1S/C15H25N3O4/c1-9-12(11(3)22-17-9)8-18(7)13(19)10(2)16-14(20)21-15(4,5)6/h10H,8H2,1-7H3,(H,16,20). The summed E-state index contributed by atoms with van der Waals surface area (Å²) in [5.74, 6) is 0.468. The first-order valence-electron chi connectivity index (χ1n) is 7.17. The number of aryl methyl sites for hydroxylation is 2. The maximum Gasteiger partial charge on any atom is 0.408 e. The Morgan fingerprint density at radius 2 is 1.95 bits per heavy atom. The van der Waals surface area contributed by atoms with Gasteiger partial charge >= 0.3 is 6.09 Å². The Hall–Kier alpha value is -2.05. The summed E-state index contributed by atoms with van der Waals surface area (Å²) in [6.45, 7) is 10.9. The van der Waals surface area contributed by atoms with Crippen LogP contribution in [0.25, 0.3) is 0 Å². The Balaban J connectivity index is 2.61. The summed E-state index contributed by atoms with van der Waals surface area (Å²) in [5.41, 5.74) is 1.03. The quantitative estimate of drug-likeness (QED) is 0.921. The van der Waals surface area contributed by atoms with Gasteiger partial charge in [-0.15, -0.1) is 0 Å². The number of carbonyl (C=O) groups excluding carboxylic acids is 2. The summed E-state index contributed by atoms with van der Waals surface area (Å²) >= 11 is 0. The molecule has 0 bridgehead atoms. The van der Waals surface area contributed by atoms with E-state index in [1.165, 1.54) is 4.90 Å². The molecular formula is C15H25N3O4. The highest BCUT2D eigenvalue weighted by Gasteiger charge is 2.24. The van der Waals surface area contributed by atoms with E-state index >= 15 is 0 Å². The van der Waals surface area contributed by atoms with E-state index in [1.807, 2.05) is 6.92 Å². The maximum atomic E-state index is 12.3. The van der Waals surface area contributed by atoms with Crippen LogP contribution >= 0.6 is 0 Å². The lowest BCUT2D eigenvalue weighted by Gasteiger charge is -2.24. The van der Waals surface area contributed by atoms with Crippen LogP contribution < -0.4 is 5.32 Å². The fourth-order valence-corrected chi connectivity index (χ4v) is 1.92. The number of hydrogen-bond acceptors (Lipinski definition) is 5. The van der Waals surface area contributed by atoms with Gasteiger partial charge in [-0.25, -0.2) is 4.79 Å². The van der Waals surface area contributed by atoms with Crippen molar-refractivity contribution >= 4 is 12.0 Å². The number of likely N-dealkylation sites (N-methyl/N-ethyl adjacent to an activating group) is 1. The molecule has 22 heavy (non-hydrogen) atoms. The third-order valence-electron chi connectivity index (χ3n) is 3.06. The third-order valence-corrected chi connectivity index (χ3v) is 3.06. The van der Waals surface area contributed by atoms with Gasteiger partial charge in [0.2, 0.25) is 5.91 Å². The van der Waals surface area contributed by atoms with Gasteiger partial charge < -0.3 is 19.5 Å². The molecule has 124 valence electrons. The van der Waals surface area contributed by atoms with Crippen molar-refractivity contribution in [3.8, 4) is 0 Å². The number of nitrogens with zero attached hydrogens (tertiary/aromatic N) is 2. The van der Waals surface area contributed by atoms with Crippen LogP contribution in [0.1, 0.15) is 44.7 Å². The molecule has 1 aromatic heterocycles. The first kappa shape index (κ1) is 18.0. The summed E-state index contributed by atoms with van der Waals surface area (Å²) in [7, 11) is 1.67.